The standard InChI is InChI=1S/C12H17N3O2/c1-2-5-14-6-7-15(12(14)16)9-11-4-3-10(8-13)17-11/h3-4,6-7H,2,5,8-9,13H2,1H3. The normalized spacial score (nSPS) is 10.9. The lowest BCUT2D eigenvalue weighted by atomic mass is 10.4. The molecule has 0 spiro atoms. The van der Waals surface area contributed by atoms with Crippen LogP contribution in [0.3, 0.4) is 0 Å². The van der Waals surface area contributed by atoms with Crippen molar-refractivity contribution in [1.82, 2.24) is 9.13 Å². The zero-order valence-corrected chi connectivity index (χ0v) is 9.93. The van der Waals surface area contributed by atoms with E-state index < -0.39 is 0 Å². The molecule has 0 radical (unpaired) electrons. The maximum absolute atomic E-state index is 11.9. The van der Waals surface area contributed by atoms with Crippen LogP contribution in [0.5, 0.6) is 0 Å². The van der Waals surface area contributed by atoms with E-state index in [1.807, 2.05) is 19.1 Å². The first kappa shape index (κ1) is 11.7. The number of nitrogens with zero attached hydrogens (tertiary/aromatic N) is 2. The number of hydrogen-bond donors (Lipinski definition) is 1. The summed E-state index contributed by atoms with van der Waals surface area (Å²) in [7, 11) is 0. The molecule has 5 nitrogen and oxygen atoms in total. The van der Waals surface area contributed by atoms with Crippen molar-refractivity contribution < 1.29 is 4.42 Å². The third-order valence-corrected chi connectivity index (χ3v) is 2.63. The summed E-state index contributed by atoms with van der Waals surface area (Å²) in [5.74, 6) is 1.49. The lowest BCUT2D eigenvalue weighted by Gasteiger charge is -1.99. The first-order chi connectivity index (χ1) is 8.24. The first-order valence-electron chi connectivity index (χ1n) is 5.77. The predicted octanol–water partition coefficient (Wildman–Crippen LogP) is 1.16. The molecule has 92 valence electrons. The zero-order valence-electron chi connectivity index (χ0n) is 9.93. The largest absolute Gasteiger partial charge is 0.463 e. The Bertz CT molecular complexity index is 536. The monoisotopic (exact) mass is 235 g/mol. The van der Waals surface area contributed by atoms with E-state index in [0.717, 1.165) is 24.5 Å². The number of aryl methyl sites for hydroxylation is 1. The molecule has 0 bridgehead atoms. The van der Waals surface area contributed by atoms with Gasteiger partial charge in [-0.25, -0.2) is 4.79 Å². The highest BCUT2D eigenvalue weighted by Crippen LogP contribution is 2.08. The van der Waals surface area contributed by atoms with E-state index in [4.69, 9.17) is 10.2 Å². The van der Waals surface area contributed by atoms with Crippen molar-refractivity contribution in [3.63, 3.8) is 0 Å². The molecule has 2 aromatic rings. The van der Waals surface area contributed by atoms with Crippen molar-refractivity contribution >= 4 is 0 Å². The molecule has 17 heavy (non-hydrogen) atoms. The molecular formula is C12H17N3O2. The summed E-state index contributed by atoms with van der Waals surface area (Å²) in [6.07, 6.45) is 4.53. The summed E-state index contributed by atoms with van der Waals surface area (Å²) in [5.41, 5.74) is 5.46. The molecule has 0 aromatic carbocycles. The minimum atomic E-state index is -0.00227. The van der Waals surface area contributed by atoms with Gasteiger partial charge in [-0.1, -0.05) is 6.92 Å². The van der Waals surface area contributed by atoms with Gasteiger partial charge in [0.2, 0.25) is 0 Å². The highest BCUT2D eigenvalue weighted by atomic mass is 16.3. The van der Waals surface area contributed by atoms with Crippen molar-refractivity contribution in [2.24, 2.45) is 5.73 Å². The summed E-state index contributed by atoms with van der Waals surface area (Å²) in [5, 5.41) is 0. The van der Waals surface area contributed by atoms with Crippen LogP contribution in [-0.2, 0) is 19.6 Å². The van der Waals surface area contributed by atoms with Crippen molar-refractivity contribution in [2.75, 3.05) is 0 Å². The molecule has 0 saturated carbocycles. The van der Waals surface area contributed by atoms with E-state index in [0.29, 0.717) is 13.1 Å². The van der Waals surface area contributed by atoms with Gasteiger partial charge in [-0.05, 0) is 18.6 Å². The summed E-state index contributed by atoms with van der Waals surface area (Å²) in [6, 6.07) is 3.69. The quantitative estimate of drug-likeness (QED) is 0.845. The molecule has 2 heterocycles. The Morgan fingerprint density at radius 3 is 2.59 bits per heavy atom. The number of nitrogens with two attached hydrogens (primary N) is 1. The van der Waals surface area contributed by atoms with Crippen molar-refractivity contribution in [1.29, 1.82) is 0 Å². The Morgan fingerprint density at radius 1 is 1.24 bits per heavy atom. The van der Waals surface area contributed by atoms with Gasteiger partial charge in [0.05, 0.1) is 13.1 Å². The van der Waals surface area contributed by atoms with Crippen LogP contribution in [0, 0.1) is 0 Å². The average Bonchev–Trinajstić information content (AvgIpc) is 2.91. The molecule has 0 saturated heterocycles. The van der Waals surface area contributed by atoms with Crippen LogP contribution in [0.15, 0.2) is 33.7 Å². The number of rotatable bonds is 5. The van der Waals surface area contributed by atoms with E-state index in [-0.39, 0.29) is 5.69 Å². The zero-order chi connectivity index (χ0) is 12.3. The predicted molar refractivity (Wildman–Crippen MR) is 64.7 cm³/mol. The van der Waals surface area contributed by atoms with Crippen LogP contribution >= 0.6 is 0 Å². The van der Waals surface area contributed by atoms with E-state index in [1.165, 1.54) is 0 Å². The highest BCUT2D eigenvalue weighted by Gasteiger charge is 2.06. The van der Waals surface area contributed by atoms with Gasteiger partial charge in [0.25, 0.3) is 0 Å². The van der Waals surface area contributed by atoms with Crippen LogP contribution < -0.4 is 11.4 Å². The SMILES string of the molecule is CCCn1ccn(Cc2ccc(CN)o2)c1=O. The third kappa shape index (κ3) is 2.50. The minimum Gasteiger partial charge on any atom is -0.463 e. The molecular weight excluding hydrogens is 218 g/mol. The van der Waals surface area contributed by atoms with E-state index in [9.17, 15) is 4.79 Å². The smallest absolute Gasteiger partial charge is 0.328 e. The highest BCUT2D eigenvalue weighted by molar-refractivity contribution is 5.07. The van der Waals surface area contributed by atoms with Crippen LogP contribution in [-0.4, -0.2) is 9.13 Å². The molecule has 2 aromatic heterocycles. The van der Waals surface area contributed by atoms with Gasteiger partial charge in [0.15, 0.2) is 0 Å². The van der Waals surface area contributed by atoms with Gasteiger partial charge in [0, 0.05) is 18.9 Å². The molecule has 0 unspecified atom stereocenters. The summed E-state index contributed by atoms with van der Waals surface area (Å²) < 4.78 is 8.80. The molecule has 0 amide bonds. The van der Waals surface area contributed by atoms with Crippen molar-refractivity contribution in [3.05, 3.63) is 46.5 Å². The van der Waals surface area contributed by atoms with Crippen LogP contribution in [0.4, 0.5) is 0 Å². The molecule has 0 atom stereocenters. The molecule has 0 aliphatic heterocycles. The molecule has 0 aliphatic rings. The Balaban J connectivity index is 2.16. The van der Waals surface area contributed by atoms with Crippen molar-refractivity contribution in [2.45, 2.75) is 33.0 Å². The minimum absolute atomic E-state index is 0.00227. The topological polar surface area (TPSA) is 66.1 Å². The Morgan fingerprint density at radius 2 is 1.94 bits per heavy atom. The van der Waals surface area contributed by atoms with Gasteiger partial charge in [-0.3, -0.25) is 9.13 Å². The first-order valence-corrected chi connectivity index (χ1v) is 5.77. The summed E-state index contributed by atoms with van der Waals surface area (Å²) in [6.45, 7) is 3.63. The second-order valence-electron chi connectivity index (χ2n) is 3.97. The number of furan rings is 1. The maximum atomic E-state index is 11.9. The number of imidazole rings is 1. The van der Waals surface area contributed by atoms with E-state index >= 15 is 0 Å². The average molecular weight is 235 g/mol. The maximum Gasteiger partial charge on any atom is 0.328 e. The van der Waals surface area contributed by atoms with Crippen LogP contribution in [0.2, 0.25) is 0 Å². The summed E-state index contributed by atoms with van der Waals surface area (Å²) >= 11 is 0. The fourth-order valence-corrected chi connectivity index (χ4v) is 1.77. The fraction of sp³-hybridized carbons (Fsp3) is 0.417. The molecule has 2 rings (SSSR count). The Labute approximate surface area is 99.5 Å². The van der Waals surface area contributed by atoms with Crippen LogP contribution in [0.25, 0.3) is 0 Å². The number of aromatic nitrogens is 2. The van der Waals surface area contributed by atoms with Crippen LogP contribution in [0.1, 0.15) is 24.9 Å². The Hall–Kier alpha value is -1.75. The fourth-order valence-electron chi connectivity index (χ4n) is 1.77. The second kappa shape index (κ2) is 5.05. The molecule has 0 fully saturated rings. The lowest BCUT2D eigenvalue weighted by Crippen LogP contribution is -2.24. The van der Waals surface area contributed by atoms with Gasteiger partial charge < -0.3 is 10.2 Å². The second-order valence-corrected chi connectivity index (χ2v) is 3.97. The lowest BCUT2D eigenvalue weighted by molar-refractivity contribution is 0.450. The van der Waals surface area contributed by atoms with E-state index in [1.54, 1.807) is 21.5 Å². The van der Waals surface area contributed by atoms with Gasteiger partial charge in [-0.2, -0.15) is 0 Å². The van der Waals surface area contributed by atoms with E-state index in [2.05, 4.69) is 0 Å². The van der Waals surface area contributed by atoms with Gasteiger partial charge >= 0.3 is 5.69 Å². The molecule has 2 N–H and O–H groups in total. The summed E-state index contributed by atoms with van der Waals surface area (Å²) in [4.78, 5) is 11.9. The van der Waals surface area contributed by atoms with Gasteiger partial charge in [-0.15, -0.1) is 0 Å². The van der Waals surface area contributed by atoms with Crippen molar-refractivity contribution in [3.8, 4) is 0 Å². The Kier molecular flexibility index (Phi) is 3.49. The molecule has 0 aliphatic carbocycles. The van der Waals surface area contributed by atoms with Gasteiger partial charge in [0.1, 0.15) is 11.5 Å². The third-order valence-electron chi connectivity index (χ3n) is 2.63. The molecule has 5 heteroatoms. The number of hydrogen-bond acceptors (Lipinski definition) is 3.